The molecule has 38 heavy (non-hydrogen) atoms. The molecule has 0 radical (unpaired) electrons. The minimum Gasteiger partial charge on any atom is -0.493 e. The average Bonchev–Trinajstić information content (AvgIpc) is 2.92. The summed E-state index contributed by atoms with van der Waals surface area (Å²) in [6.07, 6.45) is 9.10. The number of carboxylic acid groups (broad SMARTS) is 2. The second-order valence-electron chi connectivity index (χ2n) is 9.21. The van der Waals surface area contributed by atoms with Gasteiger partial charge in [0.05, 0.1) is 18.8 Å². The fourth-order valence-corrected chi connectivity index (χ4v) is 4.18. The quantitative estimate of drug-likeness (QED) is 0.151. The normalized spacial score (nSPS) is 11.8. The molecule has 0 spiro atoms. The summed E-state index contributed by atoms with van der Waals surface area (Å²) >= 11 is 0. The van der Waals surface area contributed by atoms with Crippen molar-refractivity contribution in [2.75, 3.05) is 13.2 Å². The lowest BCUT2D eigenvalue weighted by atomic mass is 9.92. The average molecular weight is 517 g/mol. The third-order valence-corrected chi connectivity index (χ3v) is 6.19. The van der Waals surface area contributed by atoms with E-state index >= 15 is 0 Å². The molecule has 2 N–H and O–H groups in total. The third-order valence-electron chi connectivity index (χ3n) is 6.19. The first-order chi connectivity index (χ1) is 18.5. The molecule has 0 amide bonds. The van der Waals surface area contributed by atoms with Crippen molar-refractivity contribution in [3.05, 3.63) is 108 Å². The van der Waals surface area contributed by atoms with E-state index in [0.717, 1.165) is 54.7 Å². The SMILES string of the molecule is O=C(O)CCCCC(C=CCc1ccccc1OCCCOc1ccccc1)Cc1ccc(C(=O)O)cc1. The molecule has 0 aliphatic rings. The van der Waals surface area contributed by atoms with Gasteiger partial charge in [-0.2, -0.15) is 0 Å². The summed E-state index contributed by atoms with van der Waals surface area (Å²) < 4.78 is 11.8. The zero-order chi connectivity index (χ0) is 27.0. The molecule has 0 heterocycles. The van der Waals surface area contributed by atoms with Crippen molar-refractivity contribution >= 4 is 11.9 Å². The Morgan fingerprint density at radius 2 is 1.50 bits per heavy atom. The highest BCUT2D eigenvalue weighted by Crippen LogP contribution is 2.22. The predicted molar refractivity (Wildman–Crippen MR) is 148 cm³/mol. The zero-order valence-electron chi connectivity index (χ0n) is 21.6. The zero-order valence-corrected chi connectivity index (χ0v) is 21.6. The minimum atomic E-state index is -0.939. The first-order valence-corrected chi connectivity index (χ1v) is 13.1. The van der Waals surface area contributed by atoms with Crippen molar-refractivity contribution in [2.24, 2.45) is 5.92 Å². The van der Waals surface area contributed by atoms with Gasteiger partial charge in [-0.25, -0.2) is 4.79 Å². The van der Waals surface area contributed by atoms with E-state index in [0.29, 0.717) is 19.6 Å². The van der Waals surface area contributed by atoms with Crippen LogP contribution in [0.25, 0.3) is 0 Å². The van der Waals surface area contributed by atoms with Crippen LogP contribution in [0.3, 0.4) is 0 Å². The predicted octanol–water partition coefficient (Wildman–Crippen LogP) is 6.84. The minimum absolute atomic E-state index is 0.171. The molecular formula is C32H36O6. The van der Waals surface area contributed by atoms with Gasteiger partial charge < -0.3 is 19.7 Å². The molecule has 0 bridgehead atoms. The molecule has 1 atom stereocenters. The van der Waals surface area contributed by atoms with Crippen LogP contribution in [0.1, 0.15) is 53.6 Å². The summed E-state index contributed by atoms with van der Waals surface area (Å²) in [5.74, 6) is 0.228. The Morgan fingerprint density at radius 3 is 2.24 bits per heavy atom. The molecule has 3 rings (SSSR count). The molecule has 0 saturated heterocycles. The topological polar surface area (TPSA) is 93.1 Å². The summed E-state index contributed by atoms with van der Waals surface area (Å²) in [4.78, 5) is 22.0. The van der Waals surface area contributed by atoms with Gasteiger partial charge in [0, 0.05) is 12.8 Å². The van der Waals surface area contributed by atoms with Gasteiger partial charge >= 0.3 is 11.9 Å². The molecule has 6 nitrogen and oxygen atoms in total. The second kappa shape index (κ2) is 15.9. The van der Waals surface area contributed by atoms with Gasteiger partial charge in [0.2, 0.25) is 0 Å². The molecule has 0 fully saturated rings. The standard InChI is InChI=1S/C32H36O6/c33-31(34)17-7-4-10-25(24-26-18-20-28(21-19-26)32(35)36)11-8-13-27-12-5-6-16-30(27)38-23-9-22-37-29-14-2-1-3-15-29/h1-3,5-6,8,11-12,14-16,18-21,25H,4,7,9-10,13,17,22-24H2,(H,33,34)(H,35,36). The summed E-state index contributed by atoms with van der Waals surface area (Å²) in [6, 6.07) is 24.7. The Balaban J connectivity index is 1.54. The maximum absolute atomic E-state index is 11.1. The number of rotatable bonds is 17. The Bertz CT molecular complexity index is 1150. The lowest BCUT2D eigenvalue weighted by molar-refractivity contribution is -0.137. The van der Waals surface area contributed by atoms with E-state index in [1.807, 2.05) is 60.7 Å². The van der Waals surface area contributed by atoms with Crippen LogP contribution in [0.15, 0.2) is 91.0 Å². The van der Waals surface area contributed by atoms with Crippen LogP contribution < -0.4 is 9.47 Å². The highest BCUT2D eigenvalue weighted by Gasteiger charge is 2.10. The van der Waals surface area contributed by atoms with E-state index in [9.17, 15) is 9.59 Å². The van der Waals surface area contributed by atoms with E-state index in [-0.39, 0.29) is 17.9 Å². The first-order valence-electron chi connectivity index (χ1n) is 13.1. The van der Waals surface area contributed by atoms with Gasteiger partial charge in [-0.1, -0.05) is 67.1 Å². The number of aromatic carboxylic acids is 1. The number of hydrogen-bond acceptors (Lipinski definition) is 4. The monoisotopic (exact) mass is 516 g/mol. The number of carboxylic acids is 2. The lowest BCUT2D eigenvalue weighted by Crippen LogP contribution is -2.06. The molecule has 0 saturated carbocycles. The van der Waals surface area contributed by atoms with Crippen LogP contribution in [-0.2, 0) is 17.6 Å². The van der Waals surface area contributed by atoms with Crippen molar-refractivity contribution in [1.82, 2.24) is 0 Å². The third kappa shape index (κ3) is 10.5. The van der Waals surface area contributed by atoms with Crippen LogP contribution in [-0.4, -0.2) is 35.4 Å². The van der Waals surface area contributed by atoms with Crippen LogP contribution >= 0.6 is 0 Å². The van der Waals surface area contributed by atoms with E-state index in [1.54, 1.807) is 12.1 Å². The second-order valence-corrected chi connectivity index (χ2v) is 9.21. The number of aliphatic carboxylic acids is 1. The van der Waals surface area contributed by atoms with Crippen molar-refractivity contribution in [3.8, 4) is 11.5 Å². The number of hydrogen-bond donors (Lipinski definition) is 2. The summed E-state index contributed by atoms with van der Waals surface area (Å²) in [6.45, 7) is 1.15. The molecule has 3 aromatic rings. The number of ether oxygens (including phenoxy) is 2. The highest BCUT2D eigenvalue weighted by molar-refractivity contribution is 5.87. The molecule has 6 heteroatoms. The fourth-order valence-electron chi connectivity index (χ4n) is 4.18. The van der Waals surface area contributed by atoms with Crippen LogP contribution in [0.5, 0.6) is 11.5 Å². The smallest absolute Gasteiger partial charge is 0.335 e. The van der Waals surface area contributed by atoms with E-state index in [1.165, 1.54) is 0 Å². The van der Waals surface area contributed by atoms with Crippen molar-refractivity contribution < 1.29 is 29.3 Å². The first kappa shape index (κ1) is 28.5. The summed E-state index contributed by atoms with van der Waals surface area (Å²) in [7, 11) is 0. The molecule has 1 unspecified atom stereocenters. The molecular weight excluding hydrogens is 480 g/mol. The molecule has 0 aliphatic heterocycles. The lowest BCUT2D eigenvalue weighted by Gasteiger charge is -2.14. The summed E-state index contributed by atoms with van der Waals surface area (Å²) in [5.41, 5.74) is 2.43. The maximum Gasteiger partial charge on any atom is 0.335 e. The van der Waals surface area contributed by atoms with Crippen LogP contribution in [0.4, 0.5) is 0 Å². The van der Waals surface area contributed by atoms with Gasteiger partial charge in [0.15, 0.2) is 0 Å². The van der Waals surface area contributed by atoms with Crippen LogP contribution in [0.2, 0.25) is 0 Å². The Labute approximate surface area is 224 Å². The molecule has 200 valence electrons. The van der Waals surface area contributed by atoms with E-state index in [2.05, 4.69) is 18.2 Å². The van der Waals surface area contributed by atoms with Gasteiger partial charge in [-0.15, -0.1) is 0 Å². The largest absolute Gasteiger partial charge is 0.493 e. The number of para-hydroxylation sites is 2. The van der Waals surface area contributed by atoms with E-state index < -0.39 is 11.9 Å². The fraction of sp³-hybridized carbons (Fsp3) is 0.312. The Hall–Kier alpha value is -4.06. The number of allylic oxidation sites excluding steroid dienone is 2. The molecule has 3 aromatic carbocycles. The Kier molecular flexibility index (Phi) is 11.9. The number of benzene rings is 3. The number of carbonyl (C=O) groups is 2. The van der Waals surface area contributed by atoms with Gasteiger partial charge in [0.25, 0.3) is 0 Å². The Morgan fingerprint density at radius 1 is 0.789 bits per heavy atom. The number of unbranched alkanes of at least 4 members (excludes halogenated alkanes) is 1. The maximum atomic E-state index is 11.1. The van der Waals surface area contributed by atoms with Crippen LogP contribution in [0, 0.1) is 5.92 Å². The van der Waals surface area contributed by atoms with Gasteiger partial charge in [-0.3, -0.25) is 4.79 Å². The van der Waals surface area contributed by atoms with Gasteiger partial charge in [-0.05, 0) is 73.1 Å². The molecule has 0 aliphatic carbocycles. The van der Waals surface area contributed by atoms with E-state index in [4.69, 9.17) is 19.7 Å². The van der Waals surface area contributed by atoms with Gasteiger partial charge in [0.1, 0.15) is 11.5 Å². The van der Waals surface area contributed by atoms with Crippen molar-refractivity contribution in [2.45, 2.75) is 44.9 Å². The van der Waals surface area contributed by atoms with Crippen molar-refractivity contribution in [3.63, 3.8) is 0 Å². The molecule has 0 aromatic heterocycles. The van der Waals surface area contributed by atoms with Crippen molar-refractivity contribution in [1.29, 1.82) is 0 Å². The summed E-state index contributed by atoms with van der Waals surface area (Å²) in [5, 5.41) is 18.1. The highest BCUT2D eigenvalue weighted by atomic mass is 16.5.